The number of terminal acetylenes is 1. The van der Waals surface area contributed by atoms with Crippen LogP contribution in [0.3, 0.4) is 0 Å². The highest BCUT2D eigenvalue weighted by Crippen LogP contribution is 2.38. The van der Waals surface area contributed by atoms with Crippen molar-refractivity contribution in [3.05, 3.63) is 59.7 Å². The Morgan fingerprint density at radius 3 is 1.48 bits per heavy atom. The number of rotatable bonds is 8. The molecule has 0 amide bonds. The van der Waals surface area contributed by atoms with Gasteiger partial charge >= 0.3 is 11.9 Å². The van der Waals surface area contributed by atoms with E-state index in [1.807, 2.05) is 0 Å². The van der Waals surface area contributed by atoms with Crippen LogP contribution in [0.1, 0.15) is 25.0 Å². The fraction of sp³-hybridized carbons (Fsp3) is 0.200. The smallest absolute Gasteiger partial charge is 0.308 e. The maximum atomic E-state index is 10.9. The molecule has 2 aromatic carbocycles. The number of hydrogen-bond donors (Lipinski definition) is 0. The van der Waals surface area contributed by atoms with Crippen LogP contribution >= 0.6 is 8.38 Å². The topological polar surface area (TPSA) is 71.1 Å². The van der Waals surface area contributed by atoms with Crippen LogP contribution in [0.15, 0.2) is 48.5 Å². The van der Waals surface area contributed by atoms with Gasteiger partial charge in [-0.2, -0.15) is 0 Å². The third-order valence-electron chi connectivity index (χ3n) is 3.17. The van der Waals surface area contributed by atoms with E-state index >= 15 is 0 Å². The van der Waals surface area contributed by atoms with E-state index in [0.717, 1.165) is 11.1 Å². The Labute approximate surface area is 159 Å². The largest absolute Gasteiger partial charge is 0.427 e. The zero-order valence-electron chi connectivity index (χ0n) is 15.0. The summed E-state index contributed by atoms with van der Waals surface area (Å²) in [5, 5.41) is 0. The molecule has 0 aliphatic heterocycles. The maximum Gasteiger partial charge on any atom is 0.308 e. The molecule has 0 atom stereocenters. The molecule has 0 aromatic heterocycles. The molecule has 0 aliphatic rings. The van der Waals surface area contributed by atoms with Crippen LogP contribution in [-0.4, -0.2) is 11.9 Å². The van der Waals surface area contributed by atoms with E-state index in [-0.39, 0.29) is 25.2 Å². The van der Waals surface area contributed by atoms with Gasteiger partial charge in [0.15, 0.2) is 0 Å². The second kappa shape index (κ2) is 10.4. The van der Waals surface area contributed by atoms with Gasteiger partial charge in [-0.1, -0.05) is 24.3 Å². The Balaban J connectivity index is 1.81. The fourth-order valence-electron chi connectivity index (χ4n) is 2.02. The van der Waals surface area contributed by atoms with Crippen molar-refractivity contribution >= 4 is 20.3 Å². The highest BCUT2D eigenvalue weighted by atomic mass is 31.2. The SMILES string of the molecule is C#CP(OCc1ccc(OC(C)=O)cc1)OCc1ccc(OC(C)=O)cc1. The lowest BCUT2D eigenvalue weighted by Gasteiger charge is -2.12. The molecule has 0 saturated heterocycles. The molecule has 0 heterocycles. The molecule has 0 saturated carbocycles. The predicted octanol–water partition coefficient (Wildman–Crippen LogP) is 4.17. The number of hydrogen-bond acceptors (Lipinski definition) is 6. The van der Waals surface area contributed by atoms with Crippen LogP contribution in [0.2, 0.25) is 0 Å². The second-order valence-corrected chi connectivity index (χ2v) is 6.70. The first kappa shape index (κ1) is 20.6. The molecule has 0 bridgehead atoms. The van der Waals surface area contributed by atoms with Crippen molar-refractivity contribution in [2.75, 3.05) is 0 Å². The van der Waals surface area contributed by atoms with E-state index in [2.05, 4.69) is 5.66 Å². The summed E-state index contributed by atoms with van der Waals surface area (Å²) in [6, 6.07) is 13.9. The molecule has 2 aromatic rings. The number of carbonyl (C=O) groups is 2. The van der Waals surface area contributed by atoms with Crippen LogP contribution in [-0.2, 0) is 31.9 Å². The molecule has 0 N–H and O–H groups in total. The number of carbonyl (C=O) groups excluding carboxylic acids is 2. The summed E-state index contributed by atoms with van der Waals surface area (Å²) in [7, 11) is -1.49. The van der Waals surface area contributed by atoms with Crippen molar-refractivity contribution in [3.8, 4) is 23.6 Å². The fourth-order valence-corrected chi connectivity index (χ4v) is 2.77. The zero-order valence-corrected chi connectivity index (χ0v) is 15.9. The molecule has 2 rings (SSSR count). The first-order chi connectivity index (χ1) is 13.0. The number of esters is 2. The van der Waals surface area contributed by atoms with Crippen LogP contribution in [0, 0.1) is 12.1 Å². The number of benzene rings is 2. The van der Waals surface area contributed by atoms with Crippen molar-refractivity contribution in [2.24, 2.45) is 0 Å². The zero-order chi connectivity index (χ0) is 19.6. The first-order valence-electron chi connectivity index (χ1n) is 8.03. The number of ether oxygens (including phenoxy) is 2. The van der Waals surface area contributed by atoms with Gasteiger partial charge in [0.1, 0.15) is 11.5 Å². The highest BCUT2D eigenvalue weighted by molar-refractivity contribution is 7.52. The van der Waals surface area contributed by atoms with Crippen LogP contribution in [0.4, 0.5) is 0 Å². The standard InChI is InChI=1S/C20H19O6P/c1-4-27(23-13-17-5-9-19(10-6-17)25-15(2)21)24-14-18-7-11-20(12-8-18)26-16(3)22/h1,5-12H,13-14H2,2-3H3. The molecule has 0 aliphatic carbocycles. The molecular weight excluding hydrogens is 367 g/mol. The Kier molecular flexibility index (Phi) is 7.97. The Hall–Kier alpha value is -2.71. The molecule has 7 heteroatoms. The van der Waals surface area contributed by atoms with E-state index in [1.165, 1.54) is 13.8 Å². The molecule has 27 heavy (non-hydrogen) atoms. The molecule has 140 valence electrons. The monoisotopic (exact) mass is 386 g/mol. The van der Waals surface area contributed by atoms with Gasteiger partial charge in [-0.15, -0.1) is 6.42 Å². The Bertz CT molecular complexity index is 744. The van der Waals surface area contributed by atoms with E-state index in [0.29, 0.717) is 11.5 Å². The molecule has 6 nitrogen and oxygen atoms in total. The quantitative estimate of drug-likeness (QED) is 0.293. The van der Waals surface area contributed by atoms with Crippen molar-refractivity contribution in [1.29, 1.82) is 0 Å². The van der Waals surface area contributed by atoms with Crippen LogP contribution < -0.4 is 9.47 Å². The lowest BCUT2D eigenvalue weighted by atomic mass is 10.2. The lowest BCUT2D eigenvalue weighted by Crippen LogP contribution is -2.01. The Morgan fingerprint density at radius 1 is 0.815 bits per heavy atom. The normalized spacial score (nSPS) is 10.3. The van der Waals surface area contributed by atoms with Gasteiger partial charge in [-0.25, -0.2) is 0 Å². The highest BCUT2D eigenvalue weighted by Gasteiger charge is 2.09. The van der Waals surface area contributed by atoms with Gasteiger partial charge in [0.2, 0.25) is 0 Å². The van der Waals surface area contributed by atoms with Gasteiger partial charge in [-0.05, 0) is 41.1 Å². The Morgan fingerprint density at radius 2 is 1.19 bits per heavy atom. The van der Waals surface area contributed by atoms with Crippen molar-refractivity contribution in [3.63, 3.8) is 0 Å². The van der Waals surface area contributed by atoms with Gasteiger partial charge in [0.25, 0.3) is 8.38 Å². The molecular formula is C20H19O6P. The second-order valence-electron chi connectivity index (χ2n) is 5.41. The third-order valence-corrected chi connectivity index (χ3v) is 4.11. The van der Waals surface area contributed by atoms with E-state index in [9.17, 15) is 9.59 Å². The van der Waals surface area contributed by atoms with Crippen molar-refractivity contribution < 1.29 is 28.1 Å². The summed E-state index contributed by atoms with van der Waals surface area (Å²) in [6.07, 6.45) is 5.47. The van der Waals surface area contributed by atoms with E-state index < -0.39 is 8.38 Å². The summed E-state index contributed by atoms with van der Waals surface area (Å²) in [5.41, 5.74) is 4.25. The average molecular weight is 386 g/mol. The molecule has 0 spiro atoms. The van der Waals surface area contributed by atoms with Gasteiger partial charge < -0.3 is 18.5 Å². The van der Waals surface area contributed by atoms with Gasteiger partial charge in [0.05, 0.1) is 13.2 Å². The first-order valence-corrected chi connectivity index (χ1v) is 9.21. The predicted molar refractivity (Wildman–Crippen MR) is 101 cm³/mol. The van der Waals surface area contributed by atoms with E-state index in [1.54, 1.807) is 48.5 Å². The summed E-state index contributed by atoms with van der Waals surface area (Å²) >= 11 is 0. The summed E-state index contributed by atoms with van der Waals surface area (Å²) in [5.74, 6) is 0.200. The van der Waals surface area contributed by atoms with Crippen molar-refractivity contribution in [2.45, 2.75) is 27.1 Å². The van der Waals surface area contributed by atoms with Gasteiger partial charge in [0, 0.05) is 13.8 Å². The minimum Gasteiger partial charge on any atom is -0.427 e. The molecule has 0 fully saturated rings. The van der Waals surface area contributed by atoms with E-state index in [4.69, 9.17) is 24.9 Å². The van der Waals surface area contributed by atoms with Gasteiger partial charge in [-0.3, -0.25) is 9.59 Å². The van der Waals surface area contributed by atoms with Crippen molar-refractivity contribution in [1.82, 2.24) is 0 Å². The van der Waals surface area contributed by atoms with Crippen LogP contribution in [0.5, 0.6) is 11.5 Å². The summed E-state index contributed by atoms with van der Waals surface area (Å²) in [6.45, 7) is 3.25. The van der Waals surface area contributed by atoms with Crippen LogP contribution in [0.25, 0.3) is 0 Å². The maximum absolute atomic E-state index is 10.9. The lowest BCUT2D eigenvalue weighted by molar-refractivity contribution is -0.132. The third kappa shape index (κ3) is 7.59. The average Bonchev–Trinajstić information content (AvgIpc) is 2.63. The molecule has 0 unspecified atom stereocenters. The minimum absolute atomic E-state index is 0.279. The minimum atomic E-state index is -1.49. The summed E-state index contributed by atoms with van der Waals surface area (Å²) < 4.78 is 21.2. The summed E-state index contributed by atoms with van der Waals surface area (Å²) in [4.78, 5) is 21.8. The molecule has 0 radical (unpaired) electrons.